The fraction of sp³-hybridized carbons (Fsp3) is 0.786. The highest BCUT2D eigenvalue weighted by atomic mass is 15.2. The van der Waals surface area contributed by atoms with Crippen LogP contribution in [0.15, 0.2) is 6.20 Å². The van der Waals surface area contributed by atoms with Gasteiger partial charge in [0.25, 0.3) is 0 Å². The Morgan fingerprint density at radius 2 is 2.12 bits per heavy atom. The van der Waals surface area contributed by atoms with Crippen LogP contribution in [-0.2, 0) is 6.54 Å². The number of hydrogen-bond donors (Lipinski definition) is 1. The van der Waals surface area contributed by atoms with Gasteiger partial charge in [0.1, 0.15) is 0 Å². The van der Waals surface area contributed by atoms with Gasteiger partial charge in [-0.2, -0.15) is 0 Å². The Morgan fingerprint density at radius 1 is 1.35 bits per heavy atom. The molecule has 3 nitrogen and oxygen atoms in total. The molecule has 96 valence electrons. The highest BCUT2D eigenvalue weighted by molar-refractivity contribution is 5.28. The van der Waals surface area contributed by atoms with E-state index in [1.54, 1.807) is 0 Å². The van der Waals surface area contributed by atoms with Crippen LogP contribution in [0, 0.1) is 12.8 Å². The van der Waals surface area contributed by atoms with E-state index in [0.717, 1.165) is 37.1 Å². The lowest BCUT2D eigenvalue weighted by molar-refractivity contribution is 0.320. The number of anilines is 1. The lowest BCUT2D eigenvalue weighted by Crippen LogP contribution is -2.16. The fourth-order valence-electron chi connectivity index (χ4n) is 2.71. The fourth-order valence-corrected chi connectivity index (χ4v) is 2.71. The largest absolute Gasteiger partial charge is 0.356 e. The third-order valence-corrected chi connectivity index (χ3v) is 3.61. The van der Waals surface area contributed by atoms with Crippen LogP contribution >= 0.6 is 0 Å². The minimum Gasteiger partial charge on any atom is -0.356 e. The summed E-state index contributed by atoms with van der Waals surface area (Å²) in [5, 5.41) is 3.43. The molecule has 1 aromatic rings. The Balaban J connectivity index is 1.97. The van der Waals surface area contributed by atoms with E-state index < -0.39 is 0 Å². The maximum absolute atomic E-state index is 4.57. The summed E-state index contributed by atoms with van der Waals surface area (Å²) >= 11 is 0. The number of nitrogens with one attached hydrogen (secondary N) is 1. The van der Waals surface area contributed by atoms with Crippen LogP contribution in [0.3, 0.4) is 0 Å². The zero-order chi connectivity index (χ0) is 12.1. The molecule has 0 aliphatic heterocycles. The van der Waals surface area contributed by atoms with Crippen LogP contribution in [0.25, 0.3) is 0 Å². The molecule has 0 bridgehead atoms. The summed E-state index contributed by atoms with van der Waals surface area (Å²) in [4.78, 5) is 4.57. The number of nitrogens with zero attached hydrogens (tertiary/aromatic N) is 2. The van der Waals surface area contributed by atoms with Gasteiger partial charge in [-0.15, -0.1) is 0 Å². The lowest BCUT2D eigenvalue weighted by Gasteiger charge is -2.22. The average Bonchev–Trinajstić information content (AvgIpc) is 2.68. The molecular weight excluding hydrogens is 210 g/mol. The first kappa shape index (κ1) is 12.5. The summed E-state index contributed by atoms with van der Waals surface area (Å²) < 4.78 is 2.32. The molecule has 1 fully saturated rings. The van der Waals surface area contributed by atoms with E-state index in [1.165, 1.54) is 32.1 Å². The van der Waals surface area contributed by atoms with E-state index in [-0.39, 0.29) is 0 Å². The average molecular weight is 235 g/mol. The Morgan fingerprint density at radius 3 is 2.82 bits per heavy atom. The van der Waals surface area contributed by atoms with E-state index in [1.807, 2.05) is 0 Å². The molecule has 1 aliphatic carbocycles. The zero-order valence-electron chi connectivity index (χ0n) is 11.2. The maximum Gasteiger partial charge on any atom is 0.203 e. The molecule has 1 aromatic heterocycles. The van der Waals surface area contributed by atoms with Crippen molar-refractivity contribution in [2.24, 2.45) is 5.92 Å². The van der Waals surface area contributed by atoms with Crippen LogP contribution in [0.2, 0.25) is 0 Å². The number of aryl methyl sites for hydroxylation is 1. The summed E-state index contributed by atoms with van der Waals surface area (Å²) in [5.41, 5.74) is 1.12. The minimum absolute atomic E-state index is 0.861. The van der Waals surface area contributed by atoms with Gasteiger partial charge in [0.15, 0.2) is 0 Å². The predicted octanol–water partition coefficient (Wildman–Crippen LogP) is 3.59. The van der Waals surface area contributed by atoms with E-state index in [9.17, 15) is 0 Å². The SMILES string of the molecule is CCCNc1nc(C)cn1CC1CCCCC1. The minimum atomic E-state index is 0.861. The molecule has 0 atom stereocenters. The molecule has 0 saturated heterocycles. The molecule has 1 N–H and O–H groups in total. The molecular formula is C14H25N3. The summed E-state index contributed by atoms with van der Waals surface area (Å²) in [7, 11) is 0. The molecule has 0 amide bonds. The third-order valence-electron chi connectivity index (χ3n) is 3.61. The standard InChI is InChI=1S/C14H25N3/c1-3-9-15-14-16-12(2)10-17(14)11-13-7-5-4-6-8-13/h10,13H,3-9,11H2,1-2H3,(H,15,16). The predicted molar refractivity (Wildman–Crippen MR) is 72.3 cm³/mol. The molecule has 0 aromatic carbocycles. The van der Waals surface area contributed by atoms with Crippen molar-refractivity contribution in [3.8, 4) is 0 Å². The monoisotopic (exact) mass is 235 g/mol. The second kappa shape index (κ2) is 6.08. The van der Waals surface area contributed by atoms with E-state index in [0.29, 0.717) is 0 Å². The van der Waals surface area contributed by atoms with Crippen molar-refractivity contribution in [1.82, 2.24) is 9.55 Å². The molecule has 0 unspecified atom stereocenters. The van der Waals surface area contributed by atoms with Crippen LogP contribution in [0.1, 0.15) is 51.1 Å². The molecule has 1 saturated carbocycles. The smallest absolute Gasteiger partial charge is 0.203 e. The van der Waals surface area contributed by atoms with Gasteiger partial charge in [-0.25, -0.2) is 4.98 Å². The highest BCUT2D eigenvalue weighted by Crippen LogP contribution is 2.26. The Kier molecular flexibility index (Phi) is 4.46. The second-order valence-corrected chi connectivity index (χ2v) is 5.29. The maximum atomic E-state index is 4.57. The molecule has 1 heterocycles. The van der Waals surface area contributed by atoms with Crippen LogP contribution in [0.4, 0.5) is 5.95 Å². The van der Waals surface area contributed by atoms with Crippen molar-refractivity contribution in [2.45, 2.75) is 58.9 Å². The van der Waals surface area contributed by atoms with Crippen LogP contribution in [-0.4, -0.2) is 16.1 Å². The molecule has 3 heteroatoms. The van der Waals surface area contributed by atoms with Gasteiger partial charge in [-0.05, 0) is 32.1 Å². The van der Waals surface area contributed by atoms with Gasteiger partial charge in [0.2, 0.25) is 5.95 Å². The Labute approximate surface area is 105 Å². The van der Waals surface area contributed by atoms with Crippen molar-refractivity contribution >= 4 is 5.95 Å². The quantitative estimate of drug-likeness (QED) is 0.845. The summed E-state index contributed by atoms with van der Waals surface area (Å²) in [6.07, 6.45) is 10.4. The van der Waals surface area contributed by atoms with E-state index >= 15 is 0 Å². The number of aromatic nitrogens is 2. The summed E-state index contributed by atoms with van der Waals surface area (Å²) in [6.45, 7) is 6.43. The first-order chi connectivity index (χ1) is 8.29. The molecule has 17 heavy (non-hydrogen) atoms. The van der Waals surface area contributed by atoms with Gasteiger partial charge in [-0.3, -0.25) is 0 Å². The number of rotatable bonds is 5. The van der Waals surface area contributed by atoms with Gasteiger partial charge < -0.3 is 9.88 Å². The Hall–Kier alpha value is -0.990. The van der Waals surface area contributed by atoms with Gasteiger partial charge in [0, 0.05) is 19.3 Å². The van der Waals surface area contributed by atoms with Gasteiger partial charge in [-0.1, -0.05) is 26.2 Å². The number of imidazole rings is 1. The lowest BCUT2D eigenvalue weighted by atomic mass is 9.89. The first-order valence-corrected chi connectivity index (χ1v) is 7.07. The molecule has 0 spiro atoms. The van der Waals surface area contributed by atoms with Crippen molar-refractivity contribution in [3.05, 3.63) is 11.9 Å². The molecule has 2 rings (SSSR count). The van der Waals surface area contributed by atoms with Crippen LogP contribution < -0.4 is 5.32 Å². The summed E-state index contributed by atoms with van der Waals surface area (Å²) in [5.74, 6) is 1.93. The van der Waals surface area contributed by atoms with Crippen molar-refractivity contribution in [3.63, 3.8) is 0 Å². The van der Waals surface area contributed by atoms with Gasteiger partial charge >= 0.3 is 0 Å². The van der Waals surface area contributed by atoms with Crippen molar-refractivity contribution in [1.29, 1.82) is 0 Å². The first-order valence-electron chi connectivity index (χ1n) is 7.07. The Bertz CT molecular complexity index is 337. The van der Waals surface area contributed by atoms with Crippen molar-refractivity contribution in [2.75, 3.05) is 11.9 Å². The van der Waals surface area contributed by atoms with E-state index in [2.05, 4.69) is 34.9 Å². The number of hydrogen-bond acceptors (Lipinski definition) is 2. The zero-order valence-corrected chi connectivity index (χ0v) is 11.2. The third kappa shape index (κ3) is 3.48. The van der Waals surface area contributed by atoms with Gasteiger partial charge in [0.05, 0.1) is 5.69 Å². The second-order valence-electron chi connectivity index (χ2n) is 5.29. The topological polar surface area (TPSA) is 29.9 Å². The van der Waals surface area contributed by atoms with Crippen LogP contribution in [0.5, 0.6) is 0 Å². The highest BCUT2D eigenvalue weighted by Gasteiger charge is 2.15. The van der Waals surface area contributed by atoms with E-state index in [4.69, 9.17) is 0 Å². The summed E-state index contributed by atoms with van der Waals surface area (Å²) in [6, 6.07) is 0. The van der Waals surface area contributed by atoms with Crippen molar-refractivity contribution < 1.29 is 0 Å². The molecule has 1 aliphatic rings. The molecule has 0 radical (unpaired) electrons. The normalized spacial score (nSPS) is 17.3.